The van der Waals surface area contributed by atoms with Crippen molar-refractivity contribution in [2.24, 2.45) is 5.73 Å². The Balaban J connectivity index is 1.85. The lowest BCUT2D eigenvalue weighted by atomic mass is 10.1. The number of aryl methyl sites for hydroxylation is 1. The molecule has 0 aliphatic heterocycles. The smallest absolute Gasteiger partial charge is 0.122 e. The Labute approximate surface area is 127 Å². The molecule has 0 unspecified atom stereocenters. The molecule has 1 aromatic carbocycles. The lowest BCUT2D eigenvalue weighted by Gasteiger charge is -2.07. The second kappa shape index (κ2) is 6.83. The van der Waals surface area contributed by atoms with Crippen LogP contribution in [0.4, 0.5) is 0 Å². The van der Waals surface area contributed by atoms with Crippen LogP contribution in [0.1, 0.15) is 21.7 Å². The summed E-state index contributed by atoms with van der Waals surface area (Å²) in [6.45, 7) is 3.09. The lowest BCUT2D eigenvalue weighted by Crippen LogP contribution is -2.11. The van der Waals surface area contributed by atoms with Gasteiger partial charge in [-0.1, -0.05) is 23.7 Å². The topological polar surface area (TPSA) is 72.0 Å². The van der Waals surface area contributed by atoms with Gasteiger partial charge in [-0.3, -0.25) is 5.41 Å². The summed E-state index contributed by atoms with van der Waals surface area (Å²) in [6, 6.07) is 5.31. The molecule has 3 N–H and O–H groups in total. The van der Waals surface area contributed by atoms with Crippen LogP contribution in [0, 0.1) is 12.3 Å². The van der Waals surface area contributed by atoms with Gasteiger partial charge < -0.3 is 10.5 Å². The molecular formula is C14H16ClN3OS. The van der Waals surface area contributed by atoms with Crippen molar-refractivity contribution in [3.8, 4) is 0 Å². The molecule has 0 aliphatic rings. The summed E-state index contributed by atoms with van der Waals surface area (Å²) in [4.78, 5) is 5.46. The first-order chi connectivity index (χ1) is 9.58. The van der Waals surface area contributed by atoms with Gasteiger partial charge in [0.2, 0.25) is 0 Å². The minimum absolute atomic E-state index is 0.0139. The first-order valence-corrected chi connectivity index (χ1v) is 7.43. The fourth-order valence-electron chi connectivity index (χ4n) is 1.75. The first kappa shape index (κ1) is 15.0. The number of hydrogen-bond donors (Lipinski definition) is 2. The maximum absolute atomic E-state index is 7.35. The zero-order chi connectivity index (χ0) is 14.5. The molecular weight excluding hydrogens is 294 g/mol. The molecule has 0 atom stereocenters. The van der Waals surface area contributed by atoms with E-state index in [-0.39, 0.29) is 5.84 Å². The number of nitrogens with two attached hydrogens (primary N) is 1. The third-order valence-corrected chi connectivity index (χ3v) is 4.29. The number of benzene rings is 1. The number of amidine groups is 1. The van der Waals surface area contributed by atoms with Crippen molar-refractivity contribution >= 4 is 28.8 Å². The van der Waals surface area contributed by atoms with Gasteiger partial charge in [0.15, 0.2) is 0 Å². The molecule has 0 saturated carbocycles. The molecule has 0 amide bonds. The Morgan fingerprint density at radius 1 is 1.50 bits per heavy atom. The SMILES string of the molecule is Cc1ncsc1CCOCc1ccc(C(=N)N)cc1Cl. The molecule has 20 heavy (non-hydrogen) atoms. The summed E-state index contributed by atoms with van der Waals surface area (Å²) in [5.74, 6) is 0.0139. The zero-order valence-electron chi connectivity index (χ0n) is 11.1. The average Bonchev–Trinajstić information content (AvgIpc) is 2.81. The molecule has 0 spiro atoms. The number of nitrogens with one attached hydrogen (secondary N) is 1. The molecule has 106 valence electrons. The van der Waals surface area contributed by atoms with Crippen LogP contribution >= 0.6 is 22.9 Å². The van der Waals surface area contributed by atoms with E-state index in [2.05, 4.69) is 4.98 Å². The van der Waals surface area contributed by atoms with Crippen LogP contribution in [-0.4, -0.2) is 17.4 Å². The van der Waals surface area contributed by atoms with E-state index in [0.717, 1.165) is 17.7 Å². The van der Waals surface area contributed by atoms with E-state index in [1.807, 2.05) is 18.5 Å². The van der Waals surface area contributed by atoms with Gasteiger partial charge in [0, 0.05) is 21.9 Å². The van der Waals surface area contributed by atoms with Gasteiger partial charge in [-0.15, -0.1) is 11.3 Å². The van der Waals surface area contributed by atoms with E-state index in [1.165, 1.54) is 4.88 Å². The molecule has 0 saturated heterocycles. The van der Waals surface area contributed by atoms with E-state index >= 15 is 0 Å². The predicted molar refractivity (Wildman–Crippen MR) is 82.7 cm³/mol. The summed E-state index contributed by atoms with van der Waals surface area (Å²) in [7, 11) is 0. The van der Waals surface area contributed by atoms with E-state index < -0.39 is 0 Å². The van der Waals surface area contributed by atoms with Crippen molar-refractivity contribution in [1.82, 2.24) is 4.98 Å². The number of nitrogen functional groups attached to an aromatic ring is 1. The van der Waals surface area contributed by atoms with Crippen molar-refractivity contribution in [3.63, 3.8) is 0 Å². The Bertz CT molecular complexity index is 612. The van der Waals surface area contributed by atoms with Gasteiger partial charge in [-0.2, -0.15) is 0 Å². The first-order valence-electron chi connectivity index (χ1n) is 6.17. The lowest BCUT2D eigenvalue weighted by molar-refractivity contribution is 0.124. The van der Waals surface area contributed by atoms with Crippen molar-refractivity contribution < 1.29 is 4.74 Å². The van der Waals surface area contributed by atoms with E-state index in [0.29, 0.717) is 23.8 Å². The van der Waals surface area contributed by atoms with Crippen LogP contribution in [0.25, 0.3) is 0 Å². The Morgan fingerprint density at radius 3 is 2.90 bits per heavy atom. The van der Waals surface area contributed by atoms with Crippen LogP contribution in [-0.2, 0) is 17.8 Å². The molecule has 4 nitrogen and oxygen atoms in total. The second-order valence-electron chi connectivity index (χ2n) is 4.38. The molecule has 0 bridgehead atoms. The van der Waals surface area contributed by atoms with Crippen LogP contribution in [0.15, 0.2) is 23.7 Å². The highest BCUT2D eigenvalue weighted by molar-refractivity contribution is 7.09. The van der Waals surface area contributed by atoms with Crippen molar-refractivity contribution in [3.05, 3.63) is 50.4 Å². The number of nitrogens with zero attached hydrogens (tertiary/aromatic N) is 1. The number of thiazole rings is 1. The second-order valence-corrected chi connectivity index (χ2v) is 5.73. The molecule has 0 radical (unpaired) electrons. The Hall–Kier alpha value is -1.43. The largest absolute Gasteiger partial charge is 0.384 e. The third-order valence-electron chi connectivity index (χ3n) is 2.94. The van der Waals surface area contributed by atoms with Gasteiger partial charge in [0.1, 0.15) is 5.84 Å². The molecule has 2 aromatic rings. The van der Waals surface area contributed by atoms with Gasteiger partial charge in [0.05, 0.1) is 24.4 Å². The summed E-state index contributed by atoms with van der Waals surface area (Å²) in [5.41, 5.74) is 9.86. The summed E-state index contributed by atoms with van der Waals surface area (Å²) in [5, 5.41) is 7.93. The van der Waals surface area contributed by atoms with Crippen molar-refractivity contribution in [2.75, 3.05) is 6.61 Å². The molecule has 1 heterocycles. The van der Waals surface area contributed by atoms with Gasteiger partial charge in [0.25, 0.3) is 0 Å². The van der Waals surface area contributed by atoms with E-state index in [4.69, 9.17) is 27.5 Å². The van der Waals surface area contributed by atoms with Crippen LogP contribution in [0.2, 0.25) is 5.02 Å². The third kappa shape index (κ3) is 3.79. The number of halogens is 1. The Kier molecular flexibility index (Phi) is 5.11. The minimum Gasteiger partial charge on any atom is -0.384 e. The molecule has 0 fully saturated rings. The quantitative estimate of drug-likeness (QED) is 0.489. The van der Waals surface area contributed by atoms with E-state index in [1.54, 1.807) is 23.5 Å². The van der Waals surface area contributed by atoms with Gasteiger partial charge in [-0.05, 0) is 18.6 Å². The van der Waals surface area contributed by atoms with Gasteiger partial charge >= 0.3 is 0 Å². The Morgan fingerprint density at radius 2 is 2.30 bits per heavy atom. The maximum Gasteiger partial charge on any atom is 0.122 e. The standard InChI is InChI=1S/C14H16ClN3OS/c1-9-13(20-8-18-9)4-5-19-7-11-3-2-10(14(16)17)6-12(11)15/h2-3,6,8H,4-5,7H2,1H3,(H3,16,17). The summed E-state index contributed by atoms with van der Waals surface area (Å²) >= 11 is 7.79. The maximum atomic E-state index is 7.35. The molecule has 6 heteroatoms. The van der Waals surface area contributed by atoms with Crippen LogP contribution in [0.5, 0.6) is 0 Å². The number of rotatable bonds is 6. The number of ether oxygens (including phenoxy) is 1. The number of aromatic nitrogens is 1. The average molecular weight is 310 g/mol. The summed E-state index contributed by atoms with van der Waals surface area (Å²) in [6.07, 6.45) is 0.861. The molecule has 0 aliphatic carbocycles. The van der Waals surface area contributed by atoms with Gasteiger partial charge in [-0.25, -0.2) is 4.98 Å². The fourth-order valence-corrected chi connectivity index (χ4v) is 2.74. The fraction of sp³-hybridized carbons (Fsp3) is 0.286. The normalized spacial score (nSPS) is 10.7. The monoisotopic (exact) mass is 309 g/mol. The highest BCUT2D eigenvalue weighted by Crippen LogP contribution is 2.19. The van der Waals surface area contributed by atoms with Crippen molar-refractivity contribution in [1.29, 1.82) is 5.41 Å². The van der Waals surface area contributed by atoms with Crippen molar-refractivity contribution in [2.45, 2.75) is 20.0 Å². The van der Waals surface area contributed by atoms with Crippen LogP contribution in [0.3, 0.4) is 0 Å². The minimum atomic E-state index is 0.0139. The summed E-state index contributed by atoms with van der Waals surface area (Å²) < 4.78 is 5.64. The molecule has 1 aromatic heterocycles. The van der Waals surface area contributed by atoms with Crippen LogP contribution < -0.4 is 5.73 Å². The predicted octanol–water partition coefficient (Wildman–Crippen LogP) is 3.15. The highest BCUT2D eigenvalue weighted by Gasteiger charge is 2.05. The molecule has 2 rings (SSSR count). The van der Waals surface area contributed by atoms with E-state index in [9.17, 15) is 0 Å². The highest BCUT2D eigenvalue weighted by atomic mass is 35.5. The zero-order valence-corrected chi connectivity index (χ0v) is 12.7. The number of hydrogen-bond acceptors (Lipinski definition) is 4.